The maximum atomic E-state index is 2.35. The minimum absolute atomic E-state index is 1.18. The molecule has 1 aromatic heterocycles. The van der Waals surface area contributed by atoms with Gasteiger partial charge in [0.05, 0.1) is 11.0 Å². The molecule has 7 aromatic rings. The van der Waals surface area contributed by atoms with Crippen LogP contribution >= 0.6 is 0 Å². The van der Waals surface area contributed by atoms with E-state index in [-0.39, 0.29) is 0 Å². The number of aromatic nitrogens is 1. The van der Waals surface area contributed by atoms with Crippen LogP contribution in [0.25, 0.3) is 61.9 Å². The molecule has 0 saturated heterocycles. The van der Waals surface area contributed by atoms with Crippen LogP contribution in [0.4, 0.5) is 0 Å². The molecule has 0 spiro atoms. The lowest BCUT2D eigenvalue weighted by molar-refractivity contribution is 1.18. The molecular weight excluding hydrogens is 470 g/mol. The van der Waals surface area contributed by atoms with Crippen molar-refractivity contribution in [2.75, 3.05) is 0 Å². The van der Waals surface area contributed by atoms with Crippen LogP contribution < -0.4 is 0 Å². The van der Waals surface area contributed by atoms with E-state index in [0.29, 0.717) is 0 Å². The molecule has 1 heterocycles. The molecule has 0 aliphatic rings. The van der Waals surface area contributed by atoms with Gasteiger partial charge in [-0.05, 0) is 63.7 Å². The molecule has 1 nitrogen and oxygen atoms in total. The molecule has 39 heavy (non-hydrogen) atoms. The van der Waals surface area contributed by atoms with Crippen molar-refractivity contribution in [2.45, 2.75) is 0 Å². The van der Waals surface area contributed by atoms with Crippen molar-refractivity contribution in [3.8, 4) is 27.9 Å². The molecular formula is C38H27N. The maximum Gasteiger partial charge on any atom is 0.0541 e. The minimum Gasteiger partial charge on any atom is -0.309 e. The van der Waals surface area contributed by atoms with Crippen LogP contribution in [0.15, 0.2) is 152 Å². The first-order valence-electron chi connectivity index (χ1n) is 13.4. The Hall–Kier alpha value is -5.14. The van der Waals surface area contributed by atoms with Crippen molar-refractivity contribution < 1.29 is 0 Å². The third kappa shape index (κ3) is 4.45. The Morgan fingerprint density at radius 3 is 1.54 bits per heavy atom. The fourth-order valence-corrected chi connectivity index (χ4v) is 5.41. The molecule has 0 N–H and O–H groups in total. The lowest BCUT2D eigenvalue weighted by Crippen LogP contribution is -1.92. The summed E-state index contributed by atoms with van der Waals surface area (Å²) in [5, 5.41) is 2.54. The van der Waals surface area contributed by atoms with Crippen molar-refractivity contribution in [2.24, 2.45) is 0 Å². The molecule has 0 amide bonds. The summed E-state index contributed by atoms with van der Waals surface area (Å²) in [5.41, 5.74) is 10.9. The number of rotatable bonds is 5. The summed E-state index contributed by atoms with van der Waals surface area (Å²) in [5.74, 6) is 0. The standard InChI is InChI=1S/C38H27N/c1-3-9-30(10-4-1)32-22-24-33(25-23-32)31-20-17-28(18-21-31)15-16-29-19-26-38-36(27-29)35-13-7-8-14-37(35)39(38)34-11-5-2-6-12-34/h1-27H. The van der Waals surface area contributed by atoms with Gasteiger partial charge in [-0.2, -0.15) is 0 Å². The number of nitrogens with zero attached hydrogens (tertiary/aromatic N) is 1. The van der Waals surface area contributed by atoms with Crippen LogP contribution in [0.3, 0.4) is 0 Å². The number of fused-ring (bicyclic) bond motifs is 3. The zero-order valence-corrected chi connectivity index (χ0v) is 21.5. The molecule has 0 saturated carbocycles. The van der Waals surface area contributed by atoms with E-state index >= 15 is 0 Å². The molecule has 184 valence electrons. The number of hydrogen-bond donors (Lipinski definition) is 0. The number of hydrogen-bond acceptors (Lipinski definition) is 0. The highest BCUT2D eigenvalue weighted by atomic mass is 15.0. The Bertz CT molecular complexity index is 1910. The van der Waals surface area contributed by atoms with Crippen molar-refractivity contribution in [3.63, 3.8) is 0 Å². The Balaban J connectivity index is 1.16. The molecule has 0 aliphatic carbocycles. The number of benzene rings is 6. The summed E-state index contributed by atoms with van der Waals surface area (Å²) in [7, 11) is 0. The van der Waals surface area contributed by atoms with Crippen molar-refractivity contribution >= 4 is 34.0 Å². The zero-order valence-electron chi connectivity index (χ0n) is 21.5. The van der Waals surface area contributed by atoms with E-state index < -0.39 is 0 Å². The van der Waals surface area contributed by atoms with Crippen molar-refractivity contribution in [1.29, 1.82) is 0 Å². The average molecular weight is 498 g/mol. The van der Waals surface area contributed by atoms with Gasteiger partial charge in [0.1, 0.15) is 0 Å². The second kappa shape index (κ2) is 9.96. The first kappa shape index (κ1) is 23.0. The lowest BCUT2D eigenvalue weighted by Gasteiger charge is -2.07. The van der Waals surface area contributed by atoms with Gasteiger partial charge in [0.25, 0.3) is 0 Å². The molecule has 0 aliphatic heterocycles. The van der Waals surface area contributed by atoms with Crippen LogP contribution in [-0.4, -0.2) is 4.57 Å². The van der Waals surface area contributed by atoms with Gasteiger partial charge in [-0.3, -0.25) is 0 Å². The summed E-state index contributed by atoms with van der Waals surface area (Å²) in [6.45, 7) is 0. The highest BCUT2D eigenvalue weighted by Gasteiger charge is 2.11. The fourth-order valence-electron chi connectivity index (χ4n) is 5.41. The van der Waals surface area contributed by atoms with Gasteiger partial charge < -0.3 is 4.57 Å². The van der Waals surface area contributed by atoms with Gasteiger partial charge in [-0.15, -0.1) is 0 Å². The van der Waals surface area contributed by atoms with Crippen molar-refractivity contribution in [1.82, 2.24) is 4.57 Å². The van der Waals surface area contributed by atoms with Gasteiger partial charge in [0.2, 0.25) is 0 Å². The average Bonchev–Trinajstić information content (AvgIpc) is 3.35. The molecule has 7 rings (SSSR count). The Morgan fingerprint density at radius 2 is 0.846 bits per heavy atom. The fraction of sp³-hybridized carbons (Fsp3) is 0. The predicted octanol–water partition coefficient (Wildman–Crippen LogP) is 10.3. The van der Waals surface area contributed by atoms with E-state index in [9.17, 15) is 0 Å². The van der Waals surface area contributed by atoms with Gasteiger partial charge in [-0.1, -0.05) is 133 Å². The SMILES string of the molecule is C(=Cc1ccc2c(c1)c1ccccc1n2-c1ccccc1)c1ccc(-c2ccc(-c3ccccc3)cc2)cc1. The van der Waals surface area contributed by atoms with Crippen LogP contribution in [-0.2, 0) is 0 Å². The van der Waals surface area contributed by atoms with E-state index in [0.717, 1.165) is 0 Å². The smallest absolute Gasteiger partial charge is 0.0541 e. The highest BCUT2D eigenvalue weighted by Crippen LogP contribution is 2.33. The molecule has 0 atom stereocenters. The van der Waals surface area contributed by atoms with E-state index in [1.807, 2.05) is 0 Å². The summed E-state index contributed by atoms with van der Waals surface area (Å²) in [4.78, 5) is 0. The molecule has 6 aromatic carbocycles. The minimum atomic E-state index is 1.18. The Kier molecular flexibility index (Phi) is 5.88. The van der Waals surface area contributed by atoms with E-state index in [1.54, 1.807) is 0 Å². The van der Waals surface area contributed by atoms with Crippen LogP contribution in [0.1, 0.15) is 11.1 Å². The van der Waals surface area contributed by atoms with Crippen LogP contribution in [0, 0.1) is 0 Å². The van der Waals surface area contributed by atoms with Crippen molar-refractivity contribution in [3.05, 3.63) is 163 Å². The molecule has 0 fully saturated rings. The first-order chi connectivity index (χ1) is 19.3. The largest absolute Gasteiger partial charge is 0.309 e. The Morgan fingerprint density at radius 1 is 0.359 bits per heavy atom. The Labute approximate surface area is 228 Å². The third-order valence-corrected chi connectivity index (χ3v) is 7.42. The third-order valence-electron chi connectivity index (χ3n) is 7.42. The molecule has 0 bridgehead atoms. The lowest BCUT2D eigenvalue weighted by atomic mass is 9.99. The quantitative estimate of drug-likeness (QED) is 0.208. The van der Waals surface area contributed by atoms with Crippen LogP contribution in [0.5, 0.6) is 0 Å². The summed E-state index contributed by atoms with van der Waals surface area (Å²) in [6.07, 6.45) is 4.40. The molecule has 0 unspecified atom stereocenters. The summed E-state index contributed by atoms with van der Waals surface area (Å²) < 4.78 is 2.35. The summed E-state index contributed by atoms with van der Waals surface area (Å²) in [6, 6.07) is 54.1. The van der Waals surface area contributed by atoms with Gasteiger partial charge >= 0.3 is 0 Å². The highest BCUT2D eigenvalue weighted by molar-refractivity contribution is 6.10. The second-order valence-corrected chi connectivity index (χ2v) is 9.86. The van der Waals surface area contributed by atoms with E-state index in [4.69, 9.17) is 0 Å². The second-order valence-electron chi connectivity index (χ2n) is 9.86. The number of para-hydroxylation sites is 2. The summed E-state index contributed by atoms with van der Waals surface area (Å²) >= 11 is 0. The van der Waals surface area contributed by atoms with Crippen LogP contribution in [0.2, 0.25) is 0 Å². The first-order valence-corrected chi connectivity index (χ1v) is 13.4. The van der Waals surface area contributed by atoms with Gasteiger partial charge in [-0.25, -0.2) is 0 Å². The van der Waals surface area contributed by atoms with Gasteiger partial charge in [0, 0.05) is 16.5 Å². The molecule has 1 heteroatoms. The van der Waals surface area contributed by atoms with Gasteiger partial charge in [0.15, 0.2) is 0 Å². The maximum absolute atomic E-state index is 2.35. The van der Waals surface area contributed by atoms with E-state index in [1.165, 1.54) is 60.9 Å². The zero-order chi connectivity index (χ0) is 26.0. The van der Waals surface area contributed by atoms with E-state index in [2.05, 4.69) is 168 Å². The monoisotopic (exact) mass is 497 g/mol. The topological polar surface area (TPSA) is 4.93 Å². The normalized spacial score (nSPS) is 11.5. The predicted molar refractivity (Wildman–Crippen MR) is 167 cm³/mol. The molecule has 0 radical (unpaired) electrons.